The molecule has 1 heterocycles. The van der Waals surface area contributed by atoms with Gasteiger partial charge in [-0.2, -0.15) is 9.32 Å². The average Bonchev–Trinajstić information content (AvgIpc) is 2.92. The van der Waals surface area contributed by atoms with Gasteiger partial charge in [0.25, 0.3) is 0 Å². The van der Waals surface area contributed by atoms with E-state index >= 15 is 0 Å². The van der Waals surface area contributed by atoms with Crippen LogP contribution in [-0.4, -0.2) is 59.2 Å². The normalized spacial score (nSPS) is 22.8. The number of thioether (sulfide) groups is 1. The van der Waals surface area contributed by atoms with Crippen molar-refractivity contribution in [3.05, 3.63) is 0 Å². The largest absolute Gasteiger partial charge is 1.00 e. The molecule has 0 saturated heterocycles. The van der Waals surface area contributed by atoms with E-state index in [0.717, 1.165) is 22.7 Å². The Morgan fingerprint density at radius 1 is 1.25 bits per heavy atom. The smallest absolute Gasteiger partial charge is 0.748 e. The molecule has 0 bridgehead atoms. The van der Waals surface area contributed by atoms with Crippen molar-refractivity contribution >= 4 is 49.9 Å². The van der Waals surface area contributed by atoms with Crippen LogP contribution in [0.3, 0.4) is 0 Å². The van der Waals surface area contributed by atoms with Crippen LogP contribution >= 0.6 is 23.8 Å². The molecule has 0 aromatic carbocycles. The van der Waals surface area contributed by atoms with E-state index in [4.69, 9.17) is 0 Å². The Morgan fingerprint density at radius 3 is 2.39 bits per heavy atom. The predicted molar refractivity (Wildman–Crippen MR) is 90.2 cm³/mol. The van der Waals surface area contributed by atoms with Crippen LogP contribution in [0.4, 0.5) is 5.95 Å². The van der Waals surface area contributed by atoms with Crippen molar-refractivity contribution < 1.29 is 95.1 Å². The van der Waals surface area contributed by atoms with Crippen molar-refractivity contribution in [2.45, 2.75) is 41.0 Å². The number of hydrogen-bond donors (Lipinski definition) is 1. The molecular weight excluding hydrogens is 478 g/mol. The molecule has 3 atom stereocenters. The summed E-state index contributed by atoms with van der Waals surface area (Å²) >= 11 is 1.82. The summed E-state index contributed by atoms with van der Waals surface area (Å²) in [4.78, 5) is 4.01. The Hall–Kier alpha value is 1.38. The minimum absolute atomic E-state index is 0. The van der Waals surface area contributed by atoms with Crippen molar-refractivity contribution in [3.63, 3.8) is 0 Å². The summed E-state index contributed by atoms with van der Waals surface area (Å²) in [5, 5.41) is 15.9. The minimum Gasteiger partial charge on any atom is -0.748 e. The molecule has 0 radical (unpaired) electrons. The zero-order valence-corrected chi connectivity index (χ0v) is 22.9. The second-order valence-corrected chi connectivity index (χ2v) is 10.6. The maximum atomic E-state index is 11.7. The summed E-state index contributed by atoms with van der Waals surface area (Å²) in [6.07, 6.45) is 2.92. The van der Waals surface area contributed by atoms with Gasteiger partial charge in [-0.05, 0) is 25.5 Å². The Morgan fingerprint density at radius 2 is 1.89 bits per heavy atom. The number of anilines is 1. The minimum atomic E-state index is -4.69. The van der Waals surface area contributed by atoms with E-state index in [1.807, 2.05) is 0 Å². The molecule has 1 aliphatic carbocycles. The first-order valence-corrected chi connectivity index (χ1v) is 12.5. The second kappa shape index (κ2) is 12.4. The van der Waals surface area contributed by atoms with Crippen LogP contribution in [0.1, 0.15) is 25.3 Å². The van der Waals surface area contributed by atoms with Gasteiger partial charge in [-0.3, -0.25) is 9.76 Å². The van der Waals surface area contributed by atoms with Gasteiger partial charge < -0.3 is 9.81 Å². The molecule has 0 amide bonds. The van der Waals surface area contributed by atoms with Gasteiger partial charge in [0.15, 0.2) is 0 Å². The SMILES string of the molecule is CSc1nc(NS(C)(=O)=O)n(C2CC(SOO[O-])CCC2S(=O)(=O)[O-])n1.[Na+].[Na+]. The van der Waals surface area contributed by atoms with E-state index in [9.17, 15) is 26.6 Å². The van der Waals surface area contributed by atoms with E-state index in [-0.39, 0.29) is 94.7 Å². The fourth-order valence-corrected chi connectivity index (χ4v) is 5.20. The van der Waals surface area contributed by atoms with Crippen molar-refractivity contribution in [2.24, 2.45) is 0 Å². The molecule has 1 N–H and O–H groups in total. The molecule has 2 rings (SSSR count). The quantitative estimate of drug-likeness (QED) is 0.0904. The first kappa shape index (κ1) is 29.4. The van der Waals surface area contributed by atoms with Gasteiger partial charge in [0, 0.05) is 17.3 Å². The van der Waals surface area contributed by atoms with Gasteiger partial charge in [0.05, 0.1) is 27.7 Å². The molecule has 18 heteroatoms. The summed E-state index contributed by atoms with van der Waals surface area (Å²) in [5.74, 6) is -0.192. The molecule has 3 unspecified atom stereocenters. The van der Waals surface area contributed by atoms with Crippen LogP contribution in [0.15, 0.2) is 5.16 Å². The van der Waals surface area contributed by atoms with Gasteiger partial charge in [0.2, 0.25) is 21.1 Å². The molecule has 28 heavy (non-hydrogen) atoms. The third kappa shape index (κ3) is 8.49. The average molecular weight is 495 g/mol. The van der Waals surface area contributed by atoms with Gasteiger partial charge in [-0.15, -0.1) is 5.10 Å². The first-order valence-electron chi connectivity index (χ1n) is 7.10. The number of nitrogens with one attached hydrogen (secondary N) is 1. The molecule has 1 aromatic heterocycles. The van der Waals surface area contributed by atoms with Crippen LogP contribution in [0.5, 0.6) is 0 Å². The topological polar surface area (TPSA) is 176 Å². The van der Waals surface area contributed by atoms with Gasteiger partial charge >= 0.3 is 59.1 Å². The Labute approximate surface area is 215 Å². The zero-order chi connectivity index (χ0) is 19.5. The molecule has 150 valence electrons. The summed E-state index contributed by atoms with van der Waals surface area (Å²) in [6.45, 7) is 0. The molecule has 0 aliphatic heterocycles. The number of rotatable bonds is 8. The summed E-state index contributed by atoms with van der Waals surface area (Å²) in [6, 6.07) is -0.989. The van der Waals surface area contributed by atoms with Crippen LogP contribution in [0.25, 0.3) is 0 Å². The third-order valence-electron chi connectivity index (χ3n) is 3.67. The van der Waals surface area contributed by atoms with Crippen LogP contribution in [-0.2, 0) is 29.5 Å². The first-order chi connectivity index (χ1) is 12.0. The Bertz CT molecular complexity index is 836. The molecular formula is C10H16N4Na2O8S4. The number of nitrogens with zero attached hydrogens (tertiary/aromatic N) is 3. The van der Waals surface area contributed by atoms with Crippen LogP contribution in [0.2, 0.25) is 0 Å². The zero-order valence-electron chi connectivity index (χ0n) is 15.6. The predicted octanol–water partition coefficient (Wildman–Crippen LogP) is -6.74. The van der Waals surface area contributed by atoms with Gasteiger partial charge in [-0.25, -0.2) is 21.5 Å². The maximum Gasteiger partial charge on any atom is 1.00 e. The summed E-state index contributed by atoms with van der Waals surface area (Å²) in [7, 11) is -8.41. The van der Waals surface area contributed by atoms with Crippen LogP contribution < -0.4 is 69.1 Å². The fraction of sp³-hybridized carbons (Fsp3) is 0.800. The second-order valence-electron chi connectivity index (χ2n) is 5.51. The van der Waals surface area contributed by atoms with E-state index in [1.165, 1.54) is 0 Å². The summed E-state index contributed by atoms with van der Waals surface area (Å²) in [5.41, 5.74) is 0. The van der Waals surface area contributed by atoms with Crippen molar-refractivity contribution in [3.8, 4) is 0 Å². The number of sulfonamides is 1. The maximum absolute atomic E-state index is 11.7. The van der Waals surface area contributed by atoms with Crippen molar-refractivity contribution in [2.75, 3.05) is 17.2 Å². The molecule has 1 aromatic rings. The molecule has 1 fully saturated rings. The third-order valence-corrected chi connectivity index (χ3v) is 6.88. The molecule has 12 nitrogen and oxygen atoms in total. The molecule has 0 spiro atoms. The Kier molecular flexibility index (Phi) is 13.0. The molecule has 1 aliphatic rings. The van der Waals surface area contributed by atoms with E-state index < -0.39 is 31.4 Å². The van der Waals surface area contributed by atoms with Gasteiger partial charge in [-0.1, -0.05) is 11.8 Å². The Balaban J connectivity index is 0.00000364. The van der Waals surface area contributed by atoms with Crippen LogP contribution in [0, 0.1) is 0 Å². The van der Waals surface area contributed by atoms with Crippen molar-refractivity contribution in [1.29, 1.82) is 0 Å². The van der Waals surface area contributed by atoms with Crippen molar-refractivity contribution in [1.82, 2.24) is 14.8 Å². The number of aromatic nitrogens is 3. The monoisotopic (exact) mass is 494 g/mol. The standard InChI is InChI=1S/C10H18N4O8S4.2Na/c1-23-10-11-9(13-25(2,16)17)14(12-10)7-5-6(24-22-21-15)3-4-8(7)26(18,19)20;;/h6-8,15H,3-5H2,1-2H3,(H,11,12,13)(H,18,19,20);;/q;2*+1/p-2. The fourth-order valence-electron chi connectivity index (χ4n) is 2.69. The van der Waals surface area contributed by atoms with E-state index in [0.29, 0.717) is 12.0 Å². The number of hydrogen-bond acceptors (Lipinski definition) is 12. The van der Waals surface area contributed by atoms with Gasteiger partial charge in [0.1, 0.15) is 0 Å². The van der Waals surface area contributed by atoms with E-state index in [2.05, 4.69) is 24.2 Å². The molecule has 1 saturated carbocycles. The summed E-state index contributed by atoms with van der Waals surface area (Å²) < 4.78 is 65.7. The van der Waals surface area contributed by atoms with E-state index in [1.54, 1.807) is 6.26 Å².